The Balaban J connectivity index is 3.20. The van der Waals surface area contributed by atoms with E-state index in [0.717, 1.165) is 0 Å². The summed E-state index contributed by atoms with van der Waals surface area (Å²) >= 11 is 1.70. The van der Waals surface area contributed by atoms with E-state index in [-0.39, 0.29) is 15.8 Å². The van der Waals surface area contributed by atoms with Crippen LogP contribution in [0.15, 0.2) is 6.07 Å². The molecule has 1 aromatic rings. The van der Waals surface area contributed by atoms with Crippen LogP contribution in [0.25, 0.3) is 0 Å². The quantitative estimate of drug-likeness (QED) is 0.617. The third-order valence-corrected chi connectivity index (χ3v) is 2.80. The van der Waals surface area contributed by atoms with Crippen molar-refractivity contribution in [1.82, 2.24) is 4.98 Å². The molecule has 0 saturated carbocycles. The van der Waals surface area contributed by atoms with Crippen LogP contribution < -0.4 is 10.5 Å². The van der Waals surface area contributed by atoms with Gasteiger partial charge in [0.05, 0.1) is 6.42 Å². The summed E-state index contributed by atoms with van der Waals surface area (Å²) in [4.78, 5) is 14.2. The molecule has 0 fully saturated rings. The number of nitrogens with zero attached hydrogens (tertiary/aromatic N) is 1. The zero-order valence-corrected chi connectivity index (χ0v) is 10.9. The van der Waals surface area contributed by atoms with E-state index in [4.69, 9.17) is 10.8 Å². The van der Waals surface area contributed by atoms with Gasteiger partial charge in [0.25, 0.3) is 0 Å². The average Bonchev–Trinajstić information content (AvgIpc) is 2.19. The van der Waals surface area contributed by atoms with Crippen molar-refractivity contribution in [1.29, 1.82) is 0 Å². The summed E-state index contributed by atoms with van der Waals surface area (Å²) in [6.45, 7) is 0.0458. The van der Waals surface area contributed by atoms with Gasteiger partial charge in [-0.2, -0.15) is 0 Å². The summed E-state index contributed by atoms with van der Waals surface area (Å²) in [6.07, 6.45) is -5.55. The predicted molar refractivity (Wildman–Crippen MR) is 62.9 cm³/mol. The minimum absolute atomic E-state index is 0.0458. The van der Waals surface area contributed by atoms with Gasteiger partial charge in [0, 0.05) is 12.1 Å². The van der Waals surface area contributed by atoms with Gasteiger partial charge >= 0.3 is 12.3 Å². The van der Waals surface area contributed by atoms with Crippen molar-refractivity contribution in [3.63, 3.8) is 0 Å². The summed E-state index contributed by atoms with van der Waals surface area (Å²) in [5, 5.41) is 8.62. The number of alkyl halides is 3. The van der Waals surface area contributed by atoms with E-state index in [1.165, 1.54) is 6.07 Å². The third-order valence-electron chi connectivity index (χ3n) is 1.86. The standard InChI is InChI=1S/C9H8F3IN2O3/c10-9(11,12)18-8-4(2-6(16)17)1-5(3-14)7(13)15-8/h1H,2-3,14H2,(H,16,17). The second kappa shape index (κ2) is 5.69. The minimum Gasteiger partial charge on any atom is -0.481 e. The molecule has 0 radical (unpaired) electrons. The molecule has 9 heteroatoms. The minimum atomic E-state index is -4.92. The van der Waals surface area contributed by atoms with Crippen molar-refractivity contribution in [3.8, 4) is 5.88 Å². The molecule has 0 aliphatic heterocycles. The molecule has 5 nitrogen and oxygen atoms in total. The molecule has 0 bridgehead atoms. The lowest BCUT2D eigenvalue weighted by Crippen LogP contribution is -2.20. The molecule has 18 heavy (non-hydrogen) atoms. The number of aromatic nitrogens is 1. The Morgan fingerprint density at radius 2 is 2.11 bits per heavy atom. The highest BCUT2D eigenvalue weighted by atomic mass is 127. The number of ether oxygens (including phenoxy) is 1. The van der Waals surface area contributed by atoms with E-state index >= 15 is 0 Å². The highest BCUT2D eigenvalue weighted by Gasteiger charge is 2.33. The molecule has 1 aromatic heterocycles. The number of carboxylic acids is 1. The Hall–Kier alpha value is -1.10. The molecular formula is C9H8F3IN2O3. The third kappa shape index (κ3) is 4.29. The summed E-state index contributed by atoms with van der Waals surface area (Å²) < 4.78 is 40.3. The monoisotopic (exact) mass is 376 g/mol. The lowest BCUT2D eigenvalue weighted by atomic mass is 10.1. The van der Waals surface area contributed by atoms with E-state index in [0.29, 0.717) is 5.56 Å². The SMILES string of the molecule is NCc1cc(CC(=O)O)c(OC(F)(F)F)nc1I. The van der Waals surface area contributed by atoms with Gasteiger partial charge in [-0.25, -0.2) is 4.98 Å². The maximum Gasteiger partial charge on any atom is 0.574 e. The largest absolute Gasteiger partial charge is 0.574 e. The molecule has 100 valence electrons. The lowest BCUT2D eigenvalue weighted by molar-refractivity contribution is -0.276. The van der Waals surface area contributed by atoms with E-state index in [2.05, 4.69) is 9.72 Å². The molecule has 0 aliphatic carbocycles. The fourth-order valence-corrected chi connectivity index (χ4v) is 1.79. The van der Waals surface area contributed by atoms with Crippen molar-refractivity contribution in [2.75, 3.05) is 0 Å². The molecule has 0 atom stereocenters. The van der Waals surface area contributed by atoms with E-state index in [1.54, 1.807) is 22.6 Å². The fraction of sp³-hybridized carbons (Fsp3) is 0.333. The smallest absolute Gasteiger partial charge is 0.481 e. The molecule has 0 spiro atoms. The topological polar surface area (TPSA) is 85.4 Å². The molecule has 0 aliphatic rings. The van der Waals surface area contributed by atoms with Gasteiger partial charge in [0.15, 0.2) is 0 Å². The van der Waals surface area contributed by atoms with Gasteiger partial charge in [0.2, 0.25) is 5.88 Å². The van der Waals surface area contributed by atoms with Gasteiger partial charge < -0.3 is 15.6 Å². The molecule has 0 unspecified atom stereocenters. The molecular weight excluding hydrogens is 368 g/mol. The number of rotatable bonds is 4. The molecule has 1 rings (SSSR count). The summed E-state index contributed by atoms with van der Waals surface area (Å²) in [5.41, 5.74) is 5.67. The second-order valence-electron chi connectivity index (χ2n) is 3.23. The number of hydrogen-bond donors (Lipinski definition) is 2. The first-order valence-corrected chi connectivity index (χ1v) is 5.66. The van der Waals surface area contributed by atoms with Gasteiger partial charge in [0.1, 0.15) is 3.70 Å². The highest BCUT2D eigenvalue weighted by molar-refractivity contribution is 14.1. The number of aliphatic carboxylic acids is 1. The molecule has 0 amide bonds. The fourth-order valence-electron chi connectivity index (χ4n) is 1.20. The van der Waals surface area contributed by atoms with Gasteiger partial charge in [-0.1, -0.05) is 0 Å². The first-order chi connectivity index (χ1) is 8.23. The van der Waals surface area contributed by atoms with Crippen LogP contribution in [-0.2, 0) is 17.8 Å². The summed E-state index contributed by atoms with van der Waals surface area (Å²) in [7, 11) is 0. The van der Waals surface area contributed by atoms with Crippen LogP contribution in [0.2, 0.25) is 0 Å². The summed E-state index contributed by atoms with van der Waals surface area (Å²) in [6, 6.07) is 1.25. The molecule has 0 aromatic carbocycles. The Morgan fingerprint density at radius 3 is 2.56 bits per heavy atom. The maximum absolute atomic E-state index is 12.1. The van der Waals surface area contributed by atoms with E-state index < -0.39 is 24.6 Å². The van der Waals surface area contributed by atoms with E-state index in [1.807, 2.05) is 0 Å². The van der Waals surface area contributed by atoms with Crippen LogP contribution in [0, 0.1) is 3.70 Å². The van der Waals surface area contributed by atoms with Crippen molar-refractivity contribution < 1.29 is 27.8 Å². The Bertz CT molecular complexity index is 465. The van der Waals surface area contributed by atoms with E-state index in [9.17, 15) is 18.0 Å². The van der Waals surface area contributed by atoms with Crippen molar-refractivity contribution in [2.45, 2.75) is 19.3 Å². The van der Waals surface area contributed by atoms with Gasteiger partial charge in [-0.05, 0) is 34.2 Å². The molecule has 1 heterocycles. The Morgan fingerprint density at radius 1 is 1.50 bits per heavy atom. The van der Waals surface area contributed by atoms with Gasteiger partial charge in [-0.15, -0.1) is 13.2 Å². The lowest BCUT2D eigenvalue weighted by Gasteiger charge is -2.13. The Kier molecular flexibility index (Phi) is 4.73. The van der Waals surface area contributed by atoms with Crippen LogP contribution in [0.1, 0.15) is 11.1 Å². The maximum atomic E-state index is 12.1. The number of nitrogens with two attached hydrogens (primary N) is 1. The van der Waals surface area contributed by atoms with Crippen molar-refractivity contribution in [3.05, 3.63) is 20.9 Å². The normalized spacial score (nSPS) is 11.4. The van der Waals surface area contributed by atoms with Crippen molar-refractivity contribution in [2.24, 2.45) is 5.73 Å². The predicted octanol–water partition coefficient (Wildman–Crippen LogP) is 1.67. The first-order valence-electron chi connectivity index (χ1n) is 4.59. The molecule has 3 N–H and O–H groups in total. The number of halogens is 4. The average molecular weight is 376 g/mol. The van der Waals surface area contributed by atoms with Crippen molar-refractivity contribution >= 4 is 28.6 Å². The number of carboxylic acid groups (broad SMARTS) is 1. The Labute approximate surface area is 113 Å². The first kappa shape index (κ1) is 15.0. The number of carbonyl (C=O) groups is 1. The zero-order valence-electron chi connectivity index (χ0n) is 8.79. The van der Waals surface area contributed by atoms with Gasteiger partial charge in [-0.3, -0.25) is 4.79 Å². The zero-order chi connectivity index (χ0) is 13.9. The van der Waals surface area contributed by atoms with Crippen LogP contribution in [0.4, 0.5) is 13.2 Å². The van der Waals surface area contributed by atoms with Crippen LogP contribution in [0.3, 0.4) is 0 Å². The number of pyridine rings is 1. The number of hydrogen-bond acceptors (Lipinski definition) is 4. The highest BCUT2D eigenvalue weighted by Crippen LogP contribution is 2.27. The second-order valence-corrected chi connectivity index (χ2v) is 4.25. The van der Waals surface area contributed by atoms with Crippen LogP contribution >= 0.6 is 22.6 Å². The van der Waals surface area contributed by atoms with Crippen LogP contribution in [-0.4, -0.2) is 22.4 Å². The van der Waals surface area contributed by atoms with Crippen LogP contribution in [0.5, 0.6) is 5.88 Å². The molecule has 0 saturated heterocycles. The summed E-state index contributed by atoms with van der Waals surface area (Å²) in [5.74, 6) is -2.04.